The van der Waals surface area contributed by atoms with Gasteiger partial charge in [0.05, 0.1) is 13.2 Å². The highest BCUT2D eigenvalue weighted by Crippen LogP contribution is 2.40. The zero-order valence-electron chi connectivity index (χ0n) is 17.4. The number of ether oxygens (including phenoxy) is 1. The standard InChI is InChI=1S/C20H41N3O2.HI/c1-5-19(6-2,17-24)15-22-18(21-7-3)23-16-20(11-9-10-12-20)13-14-25-8-4;/h24H,5-17H2,1-4H3,(H2,21,22,23);1H. The first kappa shape index (κ1) is 25.9. The SMILES string of the molecule is CCNC(=NCC(CC)(CC)CO)NCC1(CCOCC)CCCC1.I. The van der Waals surface area contributed by atoms with Gasteiger partial charge in [0.25, 0.3) is 0 Å². The number of guanidine groups is 1. The lowest BCUT2D eigenvalue weighted by Gasteiger charge is -2.31. The summed E-state index contributed by atoms with van der Waals surface area (Å²) in [6.07, 6.45) is 8.20. The van der Waals surface area contributed by atoms with Crippen molar-refractivity contribution in [1.29, 1.82) is 0 Å². The van der Waals surface area contributed by atoms with Crippen molar-refractivity contribution in [2.45, 2.75) is 72.6 Å². The Hall–Kier alpha value is -0.0800. The Kier molecular flexibility index (Phi) is 14.0. The van der Waals surface area contributed by atoms with Crippen LogP contribution in [-0.2, 0) is 4.74 Å². The van der Waals surface area contributed by atoms with E-state index in [9.17, 15) is 5.11 Å². The monoisotopic (exact) mass is 483 g/mol. The van der Waals surface area contributed by atoms with Crippen LogP contribution in [0.3, 0.4) is 0 Å². The van der Waals surface area contributed by atoms with Gasteiger partial charge in [-0.1, -0.05) is 26.7 Å². The largest absolute Gasteiger partial charge is 0.396 e. The van der Waals surface area contributed by atoms with E-state index in [1.165, 1.54) is 25.7 Å². The summed E-state index contributed by atoms with van der Waals surface area (Å²) in [7, 11) is 0. The second kappa shape index (κ2) is 14.0. The summed E-state index contributed by atoms with van der Waals surface area (Å²) >= 11 is 0. The number of nitrogens with zero attached hydrogens (tertiary/aromatic N) is 1. The second-order valence-corrected chi connectivity index (χ2v) is 7.57. The molecule has 1 saturated carbocycles. The topological polar surface area (TPSA) is 65.9 Å². The minimum atomic E-state index is -0.0949. The summed E-state index contributed by atoms with van der Waals surface area (Å²) in [5.74, 6) is 0.880. The molecule has 26 heavy (non-hydrogen) atoms. The first-order valence-corrected chi connectivity index (χ1v) is 10.3. The van der Waals surface area contributed by atoms with Crippen LogP contribution in [0.25, 0.3) is 0 Å². The quantitative estimate of drug-likeness (QED) is 0.170. The summed E-state index contributed by atoms with van der Waals surface area (Å²) < 4.78 is 5.61. The van der Waals surface area contributed by atoms with Crippen LogP contribution < -0.4 is 10.6 Å². The Balaban J connectivity index is 0.00000625. The molecule has 0 aromatic carbocycles. The third kappa shape index (κ3) is 8.30. The molecule has 1 fully saturated rings. The van der Waals surface area contributed by atoms with Crippen LogP contribution in [0.15, 0.2) is 4.99 Å². The highest BCUT2D eigenvalue weighted by Gasteiger charge is 2.33. The van der Waals surface area contributed by atoms with E-state index in [1.807, 2.05) is 0 Å². The zero-order chi connectivity index (χ0) is 18.6. The molecule has 6 heteroatoms. The summed E-state index contributed by atoms with van der Waals surface area (Å²) in [5, 5.41) is 16.7. The van der Waals surface area contributed by atoms with Gasteiger partial charge in [0.15, 0.2) is 5.96 Å². The van der Waals surface area contributed by atoms with Gasteiger partial charge in [-0.3, -0.25) is 4.99 Å². The molecule has 5 nitrogen and oxygen atoms in total. The van der Waals surface area contributed by atoms with E-state index in [1.54, 1.807) is 0 Å². The van der Waals surface area contributed by atoms with E-state index in [0.29, 0.717) is 12.0 Å². The highest BCUT2D eigenvalue weighted by atomic mass is 127. The van der Waals surface area contributed by atoms with Crippen LogP contribution in [-0.4, -0.2) is 50.5 Å². The molecule has 1 rings (SSSR count). The smallest absolute Gasteiger partial charge is 0.191 e. The Morgan fingerprint density at radius 3 is 2.27 bits per heavy atom. The van der Waals surface area contributed by atoms with Gasteiger partial charge in [-0.05, 0) is 51.4 Å². The van der Waals surface area contributed by atoms with Gasteiger partial charge in [0, 0.05) is 31.7 Å². The average molecular weight is 483 g/mol. The second-order valence-electron chi connectivity index (χ2n) is 7.57. The fourth-order valence-electron chi connectivity index (χ4n) is 3.68. The molecule has 0 heterocycles. The van der Waals surface area contributed by atoms with Crippen LogP contribution >= 0.6 is 24.0 Å². The molecule has 0 atom stereocenters. The Morgan fingerprint density at radius 1 is 1.12 bits per heavy atom. The van der Waals surface area contributed by atoms with E-state index >= 15 is 0 Å². The Morgan fingerprint density at radius 2 is 1.77 bits per heavy atom. The van der Waals surface area contributed by atoms with E-state index < -0.39 is 0 Å². The number of aliphatic imine (C=N–C) groups is 1. The maximum absolute atomic E-state index is 9.76. The van der Waals surface area contributed by atoms with Crippen molar-refractivity contribution in [3.63, 3.8) is 0 Å². The van der Waals surface area contributed by atoms with Gasteiger partial charge < -0.3 is 20.5 Å². The molecule has 1 aliphatic carbocycles. The number of aliphatic hydroxyl groups excluding tert-OH is 1. The number of hydrogen-bond donors (Lipinski definition) is 3. The first-order chi connectivity index (χ1) is 12.1. The number of rotatable bonds is 12. The molecule has 0 aromatic heterocycles. The van der Waals surface area contributed by atoms with Crippen LogP contribution in [0.5, 0.6) is 0 Å². The van der Waals surface area contributed by atoms with E-state index in [2.05, 4.69) is 38.3 Å². The van der Waals surface area contributed by atoms with E-state index in [0.717, 1.165) is 51.5 Å². The molecular weight excluding hydrogens is 441 g/mol. The number of halogens is 1. The van der Waals surface area contributed by atoms with Crippen molar-refractivity contribution in [3.8, 4) is 0 Å². The number of aliphatic hydroxyl groups is 1. The average Bonchev–Trinajstić information content (AvgIpc) is 3.10. The van der Waals surface area contributed by atoms with E-state index in [4.69, 9.17) is 9.73 Å². The molecule has 0 saturated heterocycles. The van der Waals surface area contributed by atoms with Crippen LogP contribution in [0.1, 0.15) is 72.6 Å². The molecule has 0 bridgehead atoms. The summed E-state index contributed by atoms with van der Waals surface area (Å²) in [6.45, 7) is 12.7. The van der Waals surface area contributed by atoms with Crippen LogP contribution in [0.2, 0.25) is 0 Å². The van der Waals surface area contributed by atoms with Gasteiger partial charge in [-0.2, -0.15) is 0 Å². The number of nitrogens with one attached hydrogen (secondary N) is 2. The molecule has 0 amide bonds. The minimum Gasteiger partial charge on any atom is -0.396 e. The highest BCUT2D eigenvalue weighted by molar-refractivity contribution is 14.0. The third-order valence-corrected chi connectivity index (χ3v) is 6.03. The fourth-order valence-corrected chi connectivity index (χ4v) is 3.68. The van der Waals surface area contributed by atoms with Gasteiger partial charge in [0.2, 0.25) is 0 Å². The predicted molar refractivity (Wildman–Crippen MR) is 122 cm³/mol. The molecule has 0 spiro atoms. The normalized spacial score (nSPS) is 17.0. The summed E-state index contributed by atoms with van der Waals surface area (Å²) in [4.78, 5) is 4.79. The lowest BCUT2D eigenvalue weighted by Crippen LogP contribution is -2.44. The lowest BCUT2D eigenvalue weighted by atomic mass is 9.83. The molecule has 1 aliphatic rings. The van der Waals surface area contributed by atoms with Gasteiger partial charge in [-0.15, -0.1) is 24.0 Å². The fraction of sp³-hybridized carbons (Fsp3) is 0.950. The van der Waals surface area contributed by atoms with Crippen molar-refractivity contribution in [2.24, 2.45) is 15.8 Å². The lowest BCUT2D eigenvalue weighted by molar-refractivity contribution is 0.105. The van der Waals surface area contributed by atoms with Crippen LogP contribution in [0.4, 0.5) is 0 Å². The molecule has 0 radical (unpaired) electrons. The summed E-state index contributed by atoms with van der Waals surface area (Å²) in [6, 6.07) is 0. The predicted octanol–water partition coefficient (Wildman–Crippen LogP) is 3.95. The van der Waals surface area contributed by atoms with Gasteiger partial charge >= 0.3 is 0 Å². The molecular formula is C20H42IN3O2. The van der Waals surface area contributed by atoms with E-state index in [-0.39, 0.29) is 36.0 Å². The maximum atomic E-state index is 9.76. The van der Waals surface area contributed by atoms with Crippen molar-refractivity contribution < 1.29 is 9.84 Å². The Bertz CT molecular complexity index is 373. The molecule has 156 valence electrons. The van der Waals surface area contributed by atoms with Gasteiger partial charge in [0.1, 0.15) is 0 Å². The first-order valence-electron chi connectivity index (χ1n) is 10.3. The van der Waals surface area contributed by atoms with Gasteiger partial charge in [-0.25, -0.2) is 0 Å². The minimum absolute atomic E-state index is 0. The maximum Gasteiger partial charge on any atom is 0.191 e. The molecule has 3 N–H and O–H groups in total. The van der Waals surface area contributed by atoms with Crippen LogP contribution in [0, 0.1) is 10.8 Å². The van der Waals surface area contributed by atoms with Crippen molar-refractivity contribution >= 4 is 29.9 Å². The molecule has 0 unspecified atom stereocenters. The van der Waals surface area contributed by atoms with Crippen molar-refractivity contribution in [3.05, 3.63) is 0 Å². The molecule has 0 aliphatic heterocycles. The number of hydrogen-bond acceptors (Lipinski definition) is 3. The zero-order valence-corrected chi connectivity index (χ0v) is 19.7. The molecule has 0 aromatic rings. The Labute approximate surface area is 178 Å². The third-order valence-electron chi connectivity index (χ3n) is 6.03. The van der Waals surface area contributed by atoms with Crippen molar-refractivity contribution in [1.82, 2.24) is 10.6 Å². The van der Waals surface area contributed by atoms with Crippen molar-refractivity contribution in [2.75, 3.05) is 39.5 Å². The summed E-state index contributed by atoms with van der Waals surface area (Å²) in [5.41, 5.74) is 0.247.